The molecule has 4 heteroatoms. The molecule has 0 fully saturated rings. The molecule has 0 atom stereocenters. The van der Waals surface area contributed by atoms with Crippen molar-refractivity contribution in [3.8, 4) is 100 Å². The van der Waals surface area contributed by atoms with Crippen LogP contribution < -0.4 is 0 Å². The Morgan fingerprint density at radius 1 is 0.125 bits per heavy atom. The first-order valence-corrected chi connectivity index (χ1v) is 44.5. The summed E-state index contributed by atoms with van der Waals surface area (Å²) in [5.74, 6) is 0. The SMILES string of the molecule is c1ccc(-c2ccc(-c3c4cccc(-c5c6ccccc6cc6sc7ccccc7c56)c4cc4c(-c5c6ccccc6c(-c6cccc(-c7c8cccc(-c9cccc%10c9ccc9c%11ccccc%11sc%109)c8cc8c(-c9cccc%10c9ccc9c%11ccccc%11sc%109)cccc78)c6-c6ccccc6)c6sc7ccccc7c56)cccc34)cc2)cc1. The Morgan fingerprint density at radius 2 is 0.442 bits per heavy atom. The van der Waals surface area contributed by atoms with Gasteiger partial charge in [0.2, 0.25) is 0 Å². The summed E-state index contributed by atoms with van der Waals surface area (Å²) in [4.78, 5) is 0. The van der Waals surface area contributed by atoms with Gasteiger partial charge in [-0.3, -0.25) is 0 Å². The largest absolute Gasteiger partial charge is 0.135 e. The minimum atomic E-state index is 1.16. The van der Waals surface area contributed by atoms with Crippen molar-refractivity contribution in [2.75, 3.05) is 0 Å². The van der Waals surface area contributed by atoms with Crippen LogP contribution in [0, 0.1) is 0 Å². The highest BCUT2D eigenvalue weighted by Crippen LogP contribution is 2.58. The molecule has 120 heavy (non-hydrogen) atoms. The van der Waals surface area contributed by atoms with E-state index in [4.69, 9.17) is 0 Å². The first-order chi connectivity index (χ1) is 59.6. The van der Waals surface area contributed by atoms with Crippen LogP contribution in [0.4, 0.5) is 0 Å². The number of fused-ring (bicyclic) bond motifs is 22. The van der Waals surface area contributed by atoms with E-state index in [-0.39, 0.29) is 0 Å². The summed E-state index contributed by atoms with van der Waals surface area (Å²) in [6, 6.07) is 153. The molecule has 0 amide bonds. The van der Waals surface area contributed by atoms with E-state index >= 15 is 0 Å². The zero-order valence-electron chi connectivity index (χ0n) is 64.7. The third kappa shape index (κ3) is 10.1. The van der Waals surface area contributed by atoms with Gasteiger partial charge in [-0.1, -0.05) is 358 Å². The van der Waals surface area contributed by atoms with Gasteiger partial charge in [-0.15, -0.1) is 45.3 Å². The maximum absolute atomic E-state index is 2.58. The van der Waals surface area contributed by atoms with Gasteiger partial charge in [-0.2, -0.15) is 0 Å². The molecule has 0 bridgehead atoms. The molecule has 26 rings (SSSR count). The quantitative estimate of drug-likeness (QED) is 0.126. The van der Waals surface area contributed by atoms with Gasteiger partial charge in [0.15, 0.2) is 0 Å². The third-order valence-electron chi connectivity index (χ3n) is 25.9. The number of thiophene rings is 4. The Bertz CT molecular complexity index is 8690. The van der Waals surface area contributed by atoms with E-state index in [0.29, 0.717) is 0 Å². The Balaban J connectivity index is 0.759. The number of benzene rings is 22. The van der Waals surface area contributed by atoms with Gasteiger partial charge in [0.1, 0.15) is 0 Å². The molecule has 26 aromatic rings. The lowest BCUT2D eigenvalue weighted by Crippen LogP contribution is -1.96. The van der Waals surface area contributed by atoms with Gasteiger partial charge in [-0.05, 0) is 212 Å². The molecule has 4 heterocycles. The lowest BCUT2D eigenvalue weighted by atomic mass is 9.80. The van der Waals surface area contributed by atoms with Gasteiger partial charge >= 0.3 is 0 Å². The van der Waals surface area contributed by atoms with Crippen molar-refractivity contribution in [3.63, 3.8) is 0 Å². The highest BCUT2D eigenvalue weighted by Gasteiger charge is 2.30. The molecule has 0 spiro atoms. The van der Waals surface area contributed by atoms with Crippen molar-refractivity contribution in [3.05, 3.63) is 400 Å². The van der Waals surface area contributed by atoms with Crippen LogP contribution in [-0.4, -0.2) is 0 Å². The van der Waals surface area contributed by atoms with E-state index in [0.717, 1.165) is 5.56 Å². The van der Waals surface area contributed by atoms with Gasteiger partial charge in [-0.25, -0.2) is 0 Å². The standard InChI is InChI=1S/C116H66S4/c1-3-26-67(27-4-1)68-56-58-70(59-57-68)106-83-42-23-46-87(109-72-31-8-7-30-71(72)64-105-112(109)93-36-13-17-54-103(93)117-105)99(83)66-100-84(106)43-24-47-88(100)110-81-34-9-10-35-82(81)111(116-113(110)94-37-14-18-55-104(94)120-116)96-51-25-50-95(107(96)69-28-5-2-6-29-69)108-85-44-19-40-75(73-38-21-48-89-77(73)60-62-91-79-32-11-15-52-101(79)118-114(89)91)97(85)65-98-76(41-20-45-86(98)108)74-39-22-49-90-78(74)61-63-92-80-33-12-16-53-102(80)119-115(90)92/h1-66H. The normalized spacial score (nSPS) is 12.2. The van der Waals surface area contributed by atoms with E-state index in [1.165, 1.54) is 261 Å². The highest BCUT2D eigenvalue weighted by molar-refractivity contribution is 7.28. The van der Waals surface area contributed by atoms with Crippen LogP contribution in [0.5, 0.6) is 0 Å². The Labute approximate surface area is 706 Å². The van der Waals surface area contributed by atoms with Crippen molar-refractivity contribution in [1.82, 2.24) is 0 Å². The molecule has 0 aliphatic carbocycles. The molecule has 0 radical (unpaired) electrons. The fraction of sp³-hybridized carbons (Fsp3) is 0. The van der Waals surface area contributed by atoms with Crippen LogP contribution in [0.15, 0.2) is 400 Å². The van der Waals surface area contributed by atoms with Crippen molar-refractivity contribution in [2.24, 2.45) is 0 Å². The maximum Gasteiger partial charge on any atom is 0.0446 e. The summed E-state index contributed by atoms with van der Waals surface area (Å²) in [5.41, 5.74) is 21.8. The molecule has 0 unspecified atom stereocenters. The van der Waals surface area contributed by atoms with Crippen LogP contribution in [0.1, 0.15) is 0 Å². The molecule has 4 aromatic heterocycles. The van der Waals surface area contributed by atoms with E-state index in [1.807, 2.05) is 45.3 Å². The topological polar surface area (TPSA) is 0 Å². The van der Waals surface area contributed by atoms with Crippen LogP contribution in [-0.2, 0) is 0 Å². The summed E-state index contributed by atoms with van der Waals surface area (Å²) in [6.45, 7) is 0. The number of hydrogen-bond donors (Lipinski definition) is 0. The summed E-state index contributed by atoms with van der Waals surface area (Å²) in [5, 5.41) is 30.0. The van der Waals surface area contributed by atoms with E-state index in [1.54, 1.807) is 0 Å². The molecule has 0 saturated carbocycles. The smallest absolute Gasteiger partial charge is 0.0446 e. The summed E-state index contributed by atoms with van der Waals surface area (Å²) in [7, 11) is 0. The van der Waals surface area contributed by atoms with Crippen molar-refractivity contribution >= 4 is 212 Å². The molecule has 0 saturated heterocycles. The van der Waals surface area contributed by atoms with Crippen LogP contribution in [0.25, 0.3) is 267 Å². The predicted molar refractivity (Wildman–Crippen MR) is 527 cm³/mol. The predicted octanol–water partition coefficient (Wildman–Crippen LogP) is 35.4. The Hall–Kier alpha value is -14.2. The fourth-order valence-corrected chi connectivity index (χ4v) is 25.7. The van der Waals surface area contributed by atoms with Crippen LogP contribution in [0.3, 0.4) is 0 Å². The first-order valence-electron chi connectivity index (χ1n) is 41.3. The summed E-state index contributed by atoms with van der Waals surface area (Å²) >= 11 is 7.64. The third-order valence-corrected chi connectivity index (χ3v) is 30.6. The maximum atomic E-state index is 2.58. The summed E-state index contributed by atoms with van der Waals surface area (Å²) in [6.07, 6.45) is 0. The lowest BCUT2D eigenvalue weighted by Gasteiger charge is -2.23. The molecule has 22 aromatic carbocycles. The van der Waals surface area contributed by atoms with Crippen molar-refractivity contribution in [2.45, 2.75) is 0 Å². The van der Waals surface area contributed by atoms with E-state index in [2.05, 4.69) is 400 Å². The second kappa shape index (κ2) is 26.7. The average Bonchev–Trinajstić information content (AvgIpc) is 1.34. The highest BCUT2D eigenvalue weighted by atomic mass is 32.1. The zero-order chi connectivity index (χ0) is 78.4. The molecule has 554 valence electrons. The van der Waals surface area contributed by atoms with Crippen molar-refractivity contribution in [1.29, 1.82) is 0 Å². The molecular formula is C116H66S4. The van der Waals surface area contributed by atoms with Gasteiger partial charge < -0.3 is 0 Å². The minimum absolute atomic E-state index is 1.16. The van der Waals surface area contributed by atoms with E-state index in [9.17, 15) is 0 Å². The fourth-order valence-electron chi connectivity index (χ4n) is 20.8. The van der Waals surface area contributed by atoms with Gasteiger partial charge in [0, 0.05) is 97.0 Å². The van der Waals surface area contributed by atoms with Gasteiger partial charge in [0.05, 0.1) is 0 Å². The molecule has 0 aliphatic rings. The first kappa shape index (κ1) is 67.9. The van der Waals surface area contributed by atoms with E-state index < -0.39 is 0 Å². The van der Waals surface area contributed by atoms with Crippen LogP contribution >= 0.6 is 45.3 Å². The zero-order valence-corrected chi connectivity index (χ0v) is 68.0. The van der Waals surface area contributed by atoms with Crippen LogP contribution in [0.2, 0.25) is 0 Å². The second-order valence-corrected chi connectivity index (χ2v) is 36.3. The Morgan fingerprint density at radius 3 is 0.992 bits per heavy atom. The molecule has 0 aliphatic heterocycles. The molecular weight excluding hydrogens is 1520 g/mol. The number of rotatable bonds is 9. The average molecular weight is 1590 g/mol. The Kier molecular flexibility index (Phi) is 15.1. The monoisotopic (exact) mass is 1590 g/mol. The lowest BCUT2D eigenvalue weighted by molar-refractivity contribution is 1.60. The molecule has 0 nitrogen and oxygen atoms in total. The van der Waals surface area contributed by atoms with Crippen molar-refractivity contribution < 1.29 is 0 Å². The number of hydrogen-bond acceptors (Lipinski definition) is 4. The minimum Gasteiger partial charge on any atom is -0.135 e. The summed E-state index contributed by atoms with van der Waals surface area (Å²) < 4.78 is 10.4. The van der Waals surface area contributed by atoms with Gasteiger partial charge in [0.25, 0.3) is 0 Å². The molecule has 0 N–H and O–H groups in total. The second-order valence-electron chi connectivity index (χ2n) is 32.1.